The molecule has 1 aliphatic heterocycles. The van der Waals surface area contributed by atoms with Crippen LogP contribution in [0.25, 0.3) is 0 Å². The van der Waals surface area contributed by atoms with Crippen LogP contribution in [0.3, 0.4) is 0 Å². The summed E-state index contributed by atoms with van der Waals surface area (Å²) in [6, 6.07) is 3.09. The van der Waals surface area contributed by atoms with Crippen LogP contribution in [0.2, 0.25) is 0 Å². The summed E-state index contributed by atoms with van der Waals surface area (Å²) in [5.74, 6) is -2.73. The van der Waals surface area contributed by atoms with Gasteiger partial charge in [0.2, 0.25) is 11.6 Å². The van der Waals surface area contributed by atoms with Crippen LogP contribution in [-0.4, -0.2) is 56.3 Å². The van der Waals surface area contributed by atoms with Crippen LogP contribution in [0.1, 0.15) is 50.2 Å². The number of phenols is 1. The zero-order valence-corrected chi connectivity index (χ0v) is 16.0. The molecule has 28 heavy (non-hydrogen) atoms. The Labute approximate surface area is 163 Å². The number of ketones is 1. The monoisotopic (exact) mass is 390 g/mol. The number of quaternary nitrogens is 1. The summed E-state index contributed by atoms with van der Waals surface area (Å²) in [4.78, 5) is 13.0. The maximum Gasteiger partial charge on any atom is 0.232 e. The second kappa shape index (κ2) is 5.69. The van der Waals surface area contributed by atoms with Crippen LogP contribution < -0.4 is 10.1 Å². The van der Waals surface area contributed by atoms with E-state index in [1.54, 1.807) is 6.07 Å². The Balaban J connectivity index is 1.73. The van der Waals surface area contributed by atoms with Crippen molar-refractivity contribution in [2.24, 2.45) is 5.92 Å². The molecule has 0 spiro atoms. The Morgan fingerprint density at radius 3 is 2.68 bits per heavy atom. The number of rotatable bonds is 5. The highest BCUT2D eigenvalue weighted by Crippen LogP contribution is 2.63. The molecule has 1 aromatic carbocycles. The van der Waals surface area contributed by atoms with E-state index in [1.165, 1.54) is 12.8 Å². The molecular weight excluding hydrogens is 362 g/mol. The molecule has 7 heteroatoms. The number of carbonyl (C=O) groups is 1. The summed E-state index contributed by atoms with van der Waals surface area (Å²) < 4.78 is 5.89. The molecule has 1 aromatic rings. The molecule has 0 bridgehead atoms. The van der Waals surface area contributed by atoms with Crippen molar-refractivity contribution in [3.8, 4) is 11.5 Å². The van der Waals surface area contributed by atoms with Gasteiger partial charge in [0.15, 0.2) is 17.6 Å². The van der Waals surface area contributed by atoms with E-state index in [4.69, 9.17) is 4.74 Å². The van der Waals surface area contributed by atoms with Crippen LogP contribution in [0, 0.1) is 5.92 Å². The molecule has 2 saturated carbocycles. The standard InChI is InChI=1S/C21H27NO6/c1-2-7-19-15-12-5-6-13(23)16(15)28-18(19)17(24)21(26,27)10-20(19,25)14(8-12)22-9-11-3-4-11/h5-6,11,14,18,22-23,25-27H,2-4,7-10H2,1H3/p+1/t14-,18+,19+,20-/m1/s1. The summed E-state index contributed by atoms with van der Waals surface area (Å²) in [5.41, 5.74) is -0.977. The van der Waals surface area contributed by atoms with Crippen LogP contribution in [0.15, 0.2) is 12.1 Å². The van der Waals surface area contributed by atoms with Crippen molar-refractivity contribution < 1.29 is 35.3 Å². The first-order chi connectivity index (χ1) is 13.2. The third-order valence-electron chi connectivity index (χ3n) is 7.42. The number of aromatic hydroxyl groups is 1. The molecular formula is C21H28NO6+. The lowest BCUT2D eigenvalue weighted by Crippen LogP contribution is -2.99. The molecule has 5 rings (SSSR count). The molecule has 0 radical (unpaired) electrons. The molecule has 0 unspecified atom stereocenters. The van der Waals surface area contributed by atoms with Gasteiger partial charge in [-0.15, -0.1) is 0 Å². The number of Topliss-reactive ketones (excluding diaryl/α,β-unsaturated/α-hetero) is 1. The highest BCUT2D eigenvalue weighted by Gasteiger charge is 2.76. The van der Waals surface area contributed by atoms with Gasteiger partial charge >= 0.3 is 0 Å². The number of phenolic OH excluding ortho intramolecular Hbond substituents is 1. The predicted molar refractivity (Wildman–Crippen MR) is 97.9 cm³/mol. The van der Waals surface area contributed by atoms with Gasteiger partial charge < -0.3 is 30.5 Å². The van der Waals surface area contributed by atoms with Crippen molar-refractivity contribution >= 4 is 5.78 Å². The Bertz CT molecular complexity index is 850. The number of aliphatic hydroxyl groups is 3. The Hall–Kier alpha value is -1.67. The minimum atomic E-state index is -2.66. The number of carbonyl (C=O) groups excluding carboxylic acids is 1. The van der Waals surface area contributed by atoms with Gasteiger partial charge in [0.05, 0.1) is 12.0 Å². The van der Waals surface area contributed by atoms with Gasteiger partial charge in [-0.1, -0.05) is 19.4 Å². The fraction of sp³-hybridized carbons (Fsp3) is 0.667. The number of hydrogen-bond acceptors (Lipinski definition) is 6. The molecule has 0 aromatic heterocycles. The van der Waals surface area contributed by atoms with E-state index < -0.39 is 35.1 Å². The SMILES string of the molecule is CCC[C@]12c3c4ccc(O)c3O[C@H]1C(=O)C(O)(O)C[C@@]2(O)[C@H]([NH2+]CC1CC1)C4. The van der Waals surface area contributed by atoms with Gasteiger partial charge in [-0.2, -0.15) is 0 Å². The first-order valence-electron chi connectivity index (χ1n) is 10.3. The van der Waals surface area contributed by atoms with Crippen LogP contribution in [-0.2, 0) is 16.6 Å². The van der Waals surface area contributed by atoms with Crippen molar-refractivity contribution in [1.29, 1.82) is 0 Å². The van der Waals surface area contributed by atoms with Gasteiger partial charge in [-0.3, -0.25) is 4.79 Å². The second-order valence-corrected chi connectivity index (χ2v) is 9.17. The van der Waals surface area contributed by atoms with Crippen LogP contribution in [0.5, 0.6) is 11.5 Å². The Morgan fingerprint density at radius 1 is 1.25 bits per heavy atom. The zero-order valence-electron chi connectivity index (χ0n) is 16.0. The summed E-state index contributed by atoms with van der Waals surface area (Å²) in [7, 11) is 0. The normalized spacial score (nSPS) is 37.5. The molecule has 2 fully saturated rings. The van der Waals surface area contributed by atoms with Crippen molar-refractivity contribution in [1.82, 2.24) is 0 Å². The largest absolute Gasteiger partial charge is 0.504 e. The first kappa shape index (κ1) is 18.4. The number of ether oxygens (including phenoxy) is 1. The zero-order chi connectivity index (χ0) is 19.9. The van der Waals surface area contributed by atoms with E-state index in [1.807, 2.05) is 13.0 Å². The summed E-state index contributed by atoms with van der Waals surface area (Å²) in [6.45, 7) is 2.85. The maximum absolute atomic E-state index is 13.0. The highest BCUT2D eigenvalue weighted by atomic mass is 16.5. The molecule has 0 saturated heterocycles. The predicted octanol–water partition coefficient (Wildman–Crippen LogP) is -0.526. The molecule has 0 amide bonds. The summed E-state index contributed by atoms with van der Waals surface area (Å²) in [6.07, 6.45) is 2.38. The van der Waals surface area contributed by atoms with Crippen molar-refractivity contribution in [3.05, 3.63) is 23.3 Å². The summed E-state index contributed by atoms with van der Waals surface area (Å²) in [5, 5.41) is 45.6. The number of hydrogen-bond donors (Lipinski definition) is 5. The van der Waals surface area contributed by atoms with Crippen molar-refractivity contribution in [3.63, 3.8) is 0 Å². The van der Waals surface area contributed by atoms with E-state index >= 15 is 0 Å². The fourth-order valence-corrected chi connectivity index (χ4v) is 6.02. The van der Waals surface area contributed by atoms with E-state index in [2.05, 4.69) is 5.32 Å². The number of nitrogens with two attached hydrogens (primary N) is 1. The van der Waals surface area contributed by atoms with Crippen molar-refractivity contribution in [2.75, 3.05) is 6.54 Å². The third-order valence-corrected chi connectivity index (χ3v) is 7.42. The third kappa shape index (κ3) is 2.16. The van der Waals surface area contributed by atoms with E-state index in [-0.39, 0.29) is 17.5 Å². The fourth-order valence-electron chi connectivity index (χ4n) is 6.02. The smallest absolute Gasteiger partial charge is 0.232 e. The average Bonchev–Trinajstić information content (AvgIpc) is 3.38. The van der Waals surface area contributed by atoms with Crippen LogP contribution >= 0.6 is 0 Å². The molecule has 4 aliphatic rings. The van der Waals surface area contributed by atoms with Gasteiger partial charge in [0.25, 0.3) is 0 Å². The molecule has 6 N–H and O–H groups in total. The Kier molecular flexibility index (Phi) is 3.73. The Morgan fingerprint density at radius 2 is 2.00 bits per heavy atom. The molecule has 3 aliphatic carbocycles. The second-order valence-electron chi connectivity index (χ2n) is 9.17. The maximum atomic E-state index is 13.0. The molecule has 7 nitrogen and oxygen atoms in total. The average molecular weight is 390 g/mol. The van der Waals surface area contributed by atoms with Gasteiger partial charge in [0, 0.05) is 24.3 Å². The lowest BCUT2D eigenvalue weighted by atomic mass is 9.49. The quantitative estimate of drug-likeness (QED) is 0.431. The van der Waals surface area contributed by atoms with Crippen molar-refractivity contribution in [2.45, 2.75) is 74.4 Å². The molecule has 1 heterocycles. The molecule has 152 valence electrons. The minimum absolute atomic E-state index is 0.0827. The number of benzene rings is 1. The van der Waals surface area contributed by atoms with Gasteiger partial charge in [-0.05, 0) is 30.9 Å². The van der Waals surface area contributed by atoms with Gasteiger partial charge in [-0.25, -0.2) is 0 Å². The minimum Gasteiger partial charge on any atom is -0.504 e. The first-order valence-corrected chi connectivity index (χ1v) is 10.3. The topological polar surface area (TPSA) is 124 Å². The van der Waals surface area contributed by atoms with Gasteiger partial charge in [0.1, 0.15) is 11.6 Å². The lowest BCUT2D eigenvalue weighted by Gasteiger charge is -2.57. The van der Waals surface area contributed by atoms with Crippen LogP contribution in [0.4, 0.5) is 0 Å². The lowest BCUT2D eigenvalue weighted by molar-refractivity contribution is -0.710. The van der Waals surface area contributed by atoms with E-state index in [0.717, 1.165) is 12.1 Å². The summed E-state index contributed by atoms with van der Waals surface area (Å²) >= 11 is 0. The van der Waals surface area contributed by atoms with E-state index in [0.29, 0.717) is 30.7 Å². The molecule has 4 atom stereocenters. The highest BCUT2D eigenvalue weighted by molar-refractivity contribution is 5.95. The van der Waals surface area contributed by atoms with E-state index in [9.17, 15) is 25.2 Å².